The molecule has 2 aromatic carbocycles. The number of rotatable bonds is 11. The molecule has 2 heterocycles. The van der Waals surface area contributed by atoms with Crippen molar-refractivity contribution in [2.75, 3.05) is 31.6 Å². The molecule has 0 spiro atoms. The van der Waals surface area contributed by atoms with Crippen LogP contribution in [-0.2, 0) is 11.4 Å². The molecule has 1 saturated carbocycles. The van der Waals surface area contributed by atoms with E-state index in [1.54, 1.807) is 30.6 Å². The predicted octanol–water partition coefficient (Wildman–Crippen LogP) is 5.22. The van der Waals surface area contributed by atoms with E-state index < -0.39 is 11.7 Å². The van der Waals surface area contributed by atoms with Crippen LogP contribution in [0.4, 0.5) is 15.8 Å². The fourth-order valence-electron chi connectivity index (χ4n) is 4.61. The zero-order valence-corrected chi connectivity index (χ0v) is 22.8. The summed E-state index contributed by atoms with van der Waals surface area (Å²) in [6.45, 7) is 4.08. The van der Waals surface area contributed by atoms with Gasteiger partial charge in [0.15, 0.2) is 5.82 Å². The molecule has 5 rings (SSSR count). The van der Waals surface area contributed by atoms with Gasteiger partial charge >= 0.3 is 0 Å². The van der Waals surface area contributed by atoms with Crippen molar-refractivity contribution < 1.29 is 14.0 Å². The van der Waals surface area contributed by atoms with E-state index in [-0.39, 0.29) is 22.8 Å². The number of aryl methyl sites for hydroxylation is 1. The monoisotopic (exact) mass is 592 g/mol. The number of aromatic nitrogens is 2. The fraction of sp³-hybridized carbons (Fsp3) is 0.462. The summed E-state index contributed by atoms with van der Waals surface area (Å²) in [6.07, 6.45) is 6.76. The largest absolute Gasteiger partial charge is 0.351 e. The van der Waals surface area contributed by atoms with Crippen LogP contribution >= 0.6 is 27.5 Å². The Labute approximate surface area is 228 Å². The molecule has 4 N–H and O–H groups in total. The number of imidazole rings is 1. The third-order valence-electron chi connectivity index (χ3n) is 6.90. The molecule has 3 aromatic rings. The van der Waals surface area contributed by atoms with E-state index in [9.17, 15) is 4.79 Å². The Balaban J connectivity index is 1.38. The number of hydroxylamine groups is 1. The number of anilines is 2. The number of fused-ring (bicyclic) bond motifs is 1. The van der Waals surface area contributed by atoms with E-state index in [1.807, 2.05) is 4.57 Å². The Hall–Kier alpha value is -2.24. The van der Waals surface area contributed by atoms with E-state index in [4.69, 9.17) is 22.2 Å². The first kappa shape index (κ1) is 26.4. The van der Waals surface area contributed by atoms with Gasteiger partial charge in [-0.15, -0.1) is 0 Å². The molecule has 1 aliphatic heterocycles. The number of nitrogens with one attached hydrogen (secondary N) is 2. The van der Waals surface area contributed by atoms with Crippen LogP contribution in [0.1, 0.15) is 42.5 Å². The van der Waals surface area contributed by atoms with Gasteiger partial charge in [0.25, 0.3) is 5.91 Å². The average Bonchev–Trinajstić information content (AvgIpc) is 3.46. The Morgan fingerprint density at radius 3 is 2.78 bits per heavy atom. The summed E-state index contributed by atoms with van der Waals surface area (Å²) < 4.78 is 18.5. The van der Waals surface area contributed by atoms with Gasteiger partial charge in [-0.05, 0) is 75.4 Å². The highest BCUT2D eigenvalue weighted by Gasteiger charge is 2.25. The third-order valence-corrected chi connectivity index (χ3v) is 7.71. The van der Waals surface area contributed by atoms with Gasteiger partial charge in [0, 0.05) is 23.6 Å². The average molecular weight is 594 g/mol. The van der Waals surface area contributed by atoms with Gasteiger partial charge in [-0.3, -0.25) is 9.63 Å². The third kappa shape index (κ3) is 6.43. The summed E-state index contributed by atoms with van der Waals surface area (Å²) in [5.41, 5.74) is 9.81. The van der Waals surface area contributed by atoms with E-state index in [2.05, 4.69) is 36.6 Å². The van der Waals surface area contributed by atoms with Crippen LogP contribution in [0, 0.1) is 11.7 Å². The first-order chi connectivity index (χ1) is 17.9. The van der Waals surface area contributed by atoms with Crippen LogP contribution in [0.15, 0.2) is 35.1 Å². The first-order valence-electron chi connectivity index (χ1n) is 12.7. The number of carbonyl (C=O) groups is 1. The second kappa shape index (κ2) is 11.7. The van der Waals surface area contributed by atoms with Crippen LogP contribution in [0.5, 0.6) is 0 Å². The Kier molecular flexibility index (Phi) is 8.31. The van der Waals surface area contributed by atoms with Crippen LogP contribution in [0.3, 0.4) is 0 Å². The smallest absolute Gasteiger partial charge is 0.277 e. The van der Waals surface area contributed by atoms with Crippen molar-refractivity contribution in [3.63, 3.8) is 0 Å². The van der Waals surface area contributed by atoms with Gasteiger partial charge in [0.1, 0.15) is 5.52 Å². The van der Waals surface area contributed by atoms with E-state index >= 15 is 4.39 Å². The fourth-order valence-corrected chi connectivity index (χ4v) is 5.33. The lowest BCUT2D eigenvalue weighted by molar-refractivity contribution is 0.0271. The molecule has 2 aliphatic rings. The standard InChI is InChI=1S/C26H31BrClFN6O2/c27-17-5-6-21(20(28)11-17)32-24-19(26(36)33-37-14-16-3-4-16)12-22-25(23(24)29)31-15-35(22)9-2-1-8-34-10-7-18(30)13-34/h5-6,11-12,15-16,18,32H,1-4,7-10,13-14,30H2,(H,33,36). The molecule has 37 heavy (non-hydrogen) atoms. The van der Waals surface area contributed by atoms with Gasteiger partial charge in [-0.2, -0.15) is 0 Å². The minimum atomic E-state index is -0.617. The van der Waals surface area contributed by atoms with Crippen LogP contribution in [0.2, 0.25) is 5.02 Å². The topological polar surface area (TPSA) is 97.4 Å². The number of nitrogens with zero attached hydrogens (tertiary/aromatic N) is 3. The number of hydrogen-bond donors (Lipinski definition) is 3. The number of halogens is 3. The van der Waals surface area contributed by atoms with Crippen molar-refractivity contribution in [3.8, 4) is 0 Å². The van der Waals surface area contributed by atoms with Crippen molar-refractivity contribution in [1.82, 2.24) is 19.9 Å². The number of carbonyl (C=O) groups excluding carboxylic acids is 1. The molecule has 198 valence electrons. The highest BCUT2D eigenvalue weighted by Crippen LogP contribution is 2.35. The molecule has 1 unspecified atom stereocenters. The number of nitrogens with two attached hydrogens (primary N) is 1. The summed E-state index contributed by atoms with van der Waals surface area (Å²) in [7, 11) is 0. The van der Waals surface area contributed by atoms with Gasteiger partial charge in [0.2, 0.25) is 0 Å². The zero-order valence-electron chi connectivity index (χ0n) is 20.5. The maximum Gasteiger partial charge on any atom is 0.277 e. The second-order valence-electron chi connectivity index (χ2n) is 9.91. The number of likely N-dealkylation sites (tertiary alicyclic amines) is 1. The minimum absolute atomic E-state index is 0.000124. The van der Waals surface area contributed by atoms with Crippen molar-refractivity contribution in [2.24, 2.45) is 11.7 Å². The quantitative estimate of drug-likeness (QED) is 0.208. The number of amides is 1. The van der Waals surface area contributed by atoms with Gasteiger partial charge in [0.05, 0.1) is 40.4 Å². The predicted molar refractivity (Wildman–Crippen MR) is 147 cm³/mol. The number of benzene rings is 2. The van der Waals surface area contributed by atoms with Gasteiger partial charge < -0.3 is 20.5 Å². The van der Waals surface area contributed by atoms with E-state index in [0.29, 0.717) is 35.3 Å². The van der Waals surface area contributed by atoms with Crippen molar-refractivity contribution in [2.45, 2.75) is 44.7 Å². The van der Waals surface area contributed by atoms with Crippen molar-refractivity contribution >= 4 is 55.8 Å². The molecular weight excluding hydrogens is 563 g/mol. The Bertz CT molecular complexity index is 1280. The number of hydrogen-bond acceptors (Lipinski definition) is 6. The summed E-state index contributed by atoms with van der Waals surface area (Å²) >= 11 is 9.74. The molecule has 8 nitrogen and oxygen atoms in total. The SMILES string of the molecule is NC1CCN(CCCCn2cnc3c(F)c(Nc4ccc(Br)cc4Cl)c(C(=O)NOCC4CC4)cc32)C1. The molecule has 1 atom stereocenters. The van der Waals surface area contributed by atoms with Crippen LogP contribution < -0.4 is 16.5 Å². The molecule has 0 radical (unpaired) electrons. The lowest BCUT2D eigenvalue weighted by Gasteiger charge is -2.16. The summed E-state index contributed by atoms with van der Waals surface area (Å²) in [6, 6.07) is 7.13. The van der Waals surface area contributed by atoms with Gasteiger partial charge in [-0.1, -0.05) is 27.5 Å². The summed E-state index contributed by atoms with van der Waals surface area (Å²) in [4.78, 5) is 25.2. The highest BCUT2D eigenvalue weighted by molar-refractivity contribution is 9.10. The van der Waals surface area contributed by atoms with Crippen molar-refractivity contribution in [1.29, 1.82) is 0 Å². The first-order valence-corrected chi connectivity index (χ1v) is 13.9. The van der Waals surface area contributed by atoms with Crippen LogP contribution in [0.25, 0.3) is 11.0 Å². The van der Waals surface area contributed by atoms with E-state index in [0.717, 1.165) is 56.2 Å². The molecule has 1 saturated heterocycles. The second-order valence-corrected chi connectivity index (χ2v) is 11.2. The molecule has 1 aliphatic carbocycles. The van der Waals surface area contributed by atoms with Crippen molar-refractivity contribution in [3.05, 3.63) is 51.5 Å². The van der Waals surface area contributed by atoms with Crippen LogP contribution in [-0.4, -0.2) is 52.6 Å². The number of unbranched alkanes of at least 4 members (excludes halogenated alkanes) is 1. The lowest BCUT2D eigenvalue weighted by Crippen LogP contribution is -2.27. The molecular formula is C26H31BrClFN6O2. The molecule has 1 amide bonds. The maximum atomic E-state index is 15.9. The molecule has 1 aromatic heterocycles. The lowest BCUT2D eigenvalue weighted by atomic mass is 10.1. The molecule has 2 fully saturated rings. The van der Waals surface area contributed by atoms with Gasteiger partial charge in [-0.25, -0.2) is 14.9 Å². The highest BCUT2D eigenvalue weighted by atomic mass is 79.9. The Morgan fingerprint density at radius 2 is 2.05 bits per heavy atom. The molecule has 11 heteroatoms. The Morgan fingerprint density at radius 1 is 1.24 bits per heavy atom. The molecule has 0 bridgehead atoms. The van der Waals surface area contributed by atoms with E-state index in [1.165, 1.54) is 0 Å². The zero-order chi connectivity index (χ0) is 25.9. The summed E-state index contributed by atoms with van der Waals surface area (Å²) in [5, 5.41) is 3.39. The normalized spacial score (nSPS) is 18.0. The summed E-state index contributed by atoms with van der Waals surface area (Å²) in [5.74, 6) is -0.680. The minimum Gasteiger partial charge on any atom is -0.351 e. The maximum absolute atomic E-state index is 15.9.